The molecule has 16 heavy (non-hydrogen) atoms. The number of aliphatic hydroxyl groups excluding tert-OH is 1. The summed E-state index contributed by atoms with van der Waals surface area (Å²) in [6, 6.07) is -0.401. The second-order valence-electron chi connectivity index (χ2n) is 3.76. The van der Waals surface area contributed by atoms with Crippen LogP contribution in [0.3, 0.4) is 0 Å². The maximum Gasteiger partial charge on any atom is 0.334 e. The summed E-state index contributed by atoms with van der Waals surface area (Å²) >= 11 is 0. The van der Waals surface area contributed by atoms with E-state index in [1.165, 1.54) is 4.90 Å². The number of hydrogen-bond acceptors (Lipinski definition) is 4. The van der Waals surface area contributed by atoms with Crippen molar-refractivity contribution < 1.29 is 19.8 Å². The minimum absolute atomic E-state index is 0.291. The van der Waals surface area contributed by atoms with Gasteiger partial charge in [0.15, 0.2) is 6.10 Å². The molecule has 7 heteroatoms. The predicted molar refractivity (Wildman–Crippen MR) is 58.2 cm³/mol. The third kappa shape index (κ3) is 6.20. The van der Waals surface area contributed by atoms with Gasteiger partial charge in [-0.05, 0) is 14.1 Å². The molecule has 0 bridgehead atoms. The molecule has 0 saturated heterocycles. The molecule has 0 aliphatic rings. The van der Waals surface area contributed by atoms with Crippen LogP contribution in [0, 0.1) is 0 Å². The Bertz CT molecular complexity index is 245. The monoisotopic (exact) mass is 233 g/mol. The van der Waals surface area contributed by atoms with Gasteiger partial charge in [-0.1, -0.05) is 0 Å². The largest absolute Gasteiger partial charge is 0.479 e. The number of carbonyl (C=O) groups is 2. The van der Waals surface area contributed by atoms with E-state index in [0.717, 1.165) is 0 Å². The van der Waals surface area contributed by atoms with Gasteiger partial charge in [0, 0.05) is 20.1 Å². The number of aliphatic carboxylic acids is 1. The van der Waals surface area contributed by atoms with Gasteiger partial charge < -0.3 is 25.3 Å². The van der Waals surface area contributed by atoms with Crippen molar-refractivity contribution in [1.82, 2.24) is 15.1 Å². The lowest BCUT2D eigenvalue weighted by Crippen LogP contribution is -2.44. The van der Waals surface area contributed by atoms with Crippen molar-refractivity contribution in [2.24, 2.45) is 0 Å². The van der Waals surface area contributed by atoms with Gasteiger partial charge in [0.25, 0.3) is 0 Å². The lowest BCUT2D eigenvalue weighted by Gasteiger charge is -2.20. The van der Waals surface area contributed by atoms with E-state index in [1.807, 2.05) is 19.0 Å². The number of nitrogens with zero attached hydrogens (tertiary/aromatic N) is 2. The zero-order valence-electron chi connectivity index (χ0n) is 9.80. The first-order chi connectivity index (χ1) is 7.34. The zero-order valence-corrected chi connectivity index (χ0v) is 9.80. The quantitative estimate of drug-likeness (QED) is 0.526. The molecule has 0 aliphatic heterocycles. The summed E-state index contributed by atoms with van der Waals surface area (Å²) < 4.78 is 0. The number of urea groups is 1. The number of aliphatic hydroxyl groups is 1. The van der Waals surface area contributed by atoms with Gasteiger partial charge in [-0.15, -0.1) is 0 Å². The fourth-order valence-electron chi connectivity index (χ4n) is 0.858. The normalized spacial score (nSPS) is 12.3. The van der Waals surface area contributed by atoms with Crippen LogP contribution in [-0.2, 0) is 4.79 Å². The van der Waals surface area contributed by atoms with Crippen LogP contribution in [0.1, 0.15) is 0 Å². The minimum Gasteiger partial charge on any atom is -0.479 e. The Balaban J connectivity index is 3.83. The summed E-state index contributed by atoms with van der Waals surface area (Å²) in [6.07, 6.45) is -1.56. The summed E-state index contributed by atoms with van der Waals surface area (Å²) in [7, 11) is 5.38. The molecule has 0 rings (SSSR count). The molecular weight excluding hydrogens is 214 g/mol. The number of carbonyl (C=O) groups excluding carboxylic acids is 1. The Kier molecular flexibility index (Phi) is 6.43. The smallest absolute Gasteiger partial charge is 0.334 e. The van der Waals surface area contributed by atoms with Gasteiger partial charge in [-0.2, -0.15) is 0 Å². The molecule has 7 nitrogen and oxygen atoms in total. The van der Waals surface area contributed by atoms with E-state index in [2.05, 4.69) is 5.32 Å². The molecule has 0 radical (unpaired) electrons. The average Bonchev–Trinajstić information content (AvgIpc) is 2.21. The van der Waals surface area contributed by atoms with Crippen LogP contribution in [0.25, 0.3) is 0 Å². The van der Waals surface area contributed by atoms with Gasteiger partial charge in [-0.3, -0.25) is 0 Å². The molecule has 0 aromatic rings. The molecule has 1 unspecified atom stereocenters. The van der Waals surface area contributed by atoms with Gasteiger partial charge in [-0.25, -0.2) is 9.59 Å². The van der Waals surface area contributed by atoms with E-state index in [0.29, 0.717) is 13.1 Å². The van der Waals surface area contributed by atoms with Crippen LogP contribution < -0.4 is 5.32 Å². The Morgan fingerprint density at radius 2 is 1.81 bits per heavy atom. The van der Waals surface area contributed by atoms with Crippen LogP contribution in [0.15, 0.2) is 0 Å². The van der Waals surface area contributed by atoms with Gasteiger partial charge >= 0.3 is 12.0 Å². The average molecular weight is 233 g/mol. The van der Waals surface area contributed by atoms with Crippen LogP contribution >= 0.6 is 0 Å². The molecule has 0 aromatic heterocycles. The van der Waals surface area contributed by atoms with E-state index in [1.54, 1.807) is 7.05 Å². The zero-order chi connectivity index (χ0) is 12.7. The fraction of sp³-hybridized carbons (Fsp3) is 0.778. The van der Waals surface area contributed by atoms with Gasteiger partial charge in [0.1, 0.15) is 0 Å². The maximum atomic E-state index is 11.4. The highest BCUT2D eigenvalue weighted by Crippen LogP contribution is 1.87. The molecule has 0 fully saturated rings. The van der Waals surface area contributed by atoms with Crippen molar-refractivity contribution in [2.45, 2.75) is 6.10 Å². The topological polar surface area (TPSA) is 93.1 Å². The first-order valence-electron chi connectivity index (χ1n) is 4.89. The summed E-state index contributed by atoms with van der Waals surface area (Å²) in [5.41, 5.74) is 0. The third-order valence-corrected chi connectivity index (χ3v) is 1.96. The first-order valence-corrected chi connectivity index (χ1v) is 4.89. The Hall–Kier alpha value is -1.34. The Labute approximate surface area is 94.6 Å². The summed E-state index contributed by atoms with van der Waals surface area (Å²) in [5, 5.41) is 19.6. The van der Waals surface area contributed by atoms with Crippen molar-refractivity contribution >= 4 is 12.0 Å². The molecule has 94 valence electrons. The molecule has 0 saturated carbocycles. The predicted octanol–water partition coefficient (Wildman–Crippen LogP) is -1.37. The van der Waals surface area contributed by atoms with E-state index in [4.69, 9.17) is 10.2 Å². The number of carboxylic acid groups (broad SMARTS) is 1. The number of amides is 2. The maximum absolute atomic E-state index is 11.4. The molecule has 0 heterocycles. The van der Waals surface area contributed by atoms with Crippen molar-refractivity contribution in [1.29, 1.82) is 0 Å². The van der Waals surface area contributed by atoms with Gasteiger partial charge in [0.05, 0.1) is 6.54 Å². The first kappa shape index (κ1) is 14.7. The molecule has 2 amide bonds. The highest BCUT2D eigenvalue weighted by molar-refractivity contribution is 5.76. The molecule has 0 spiro atoms. The van der Waals surface area contributed by atoms with Crippen LogP contribution in [-0.4, -0.2) is 78.9 Å². The molecule has 3 N–H and O–H groups in total. The van der Waals surface area contributed by atoms with E-state index in [-0.39, 0.29) is 6.54 Å². The Morgan fingerprint density at radius 1 is 1.25 bits per heavy atom. The molecular formula is C9H19N3O4. The van der Waals surface area contributed by atoms with E-state index in [9.17, 15) is 9.59 Å². The van der Waals surface area contributed by atoms with Crippen molar-refractivity contribution in [3.05, 3.63) is 0 Å². The van der Waals surface area contributed by atoms with Crippen LogP contribution in [0.5, 0.6) is 0 Å². The summed E-state index contributed by atoms with van der Waals surface area (Å²) in [5.74, 6) is -1.35. The third-order valence-electron chi connectivity index (χ3n) is 1.96. The van der Waals surface area contributed by atoms with Crippen LogP contribution in [0.4, 0.5) is 4.79 Å². The lowest BCUT2D eigenvalue weighted by molar-refractivity contribution is -0.146. The molecule has 0 aliphatic carbocycles. The van der Waals surface area contributed by atoms with Crippen LogP contribution in [0.2, 0.25) is 0 Å². The summed E-state index contributed by atoms with van der Waals surface area (Å²) in [4.78, 5) is 25.0. The SMILES string of the molecule is CN(C)CCN(C)C(=O)NCC(O)C(=O)O. The second-order valence-corrected chi connectivity index (χ2v) is 3.76. The van der Waals surface area contributed by atoms with E-state index < -0.39 is 18.1 Å². The number of rotatable bonds is 6. The number of hydrogen-bond donors (Lipinski definition) is 3. The Morgan fingerprint density at radius 3 is 2.25 bits per heavy atom. The highest BCUT2D eigenvalue weighted by Gasteiger charge is 2.15. The molecule has 1 atom stereocenters. The van der Waals surface area contributed by atoms with Crippen molar-refractivity contribution in [2.75, 3.05) is 40.8 Å². The minimum atomic E-state index is -1.56. The molecule has 0 aromatic carbocycles. The van der Waals surface area contributed by atoms with Crippen molar-refractivity contribution in [3.63, 3.8) is 0 Å². The van der Waals surface area contributed by atoms with Gasteiger partial charge in [0.2, 0.25) is 0 Å². The standard InChI is InChI=1S/C9H19N3O4/c1-11(2)4-5-12(3)9(16)10-6-7(13)8(14)15/h7,13H,4-6H2,1-3H3,(H,10,16)(H,14,15). The van der Waals surface area contributed by atoms with Crippen molar-refractivity contribution in [3.8, 4) is 0 Å². The number of carboxylic acids is 1. The second kappa shape index (κ2) is 7.02. The summed E-state index contributed by atoms with van der Waals surface area (Å²) in [6.45, 7) is 0.952. The number of likely N-dealkylation sites (N-methyl/N-ethyl adjacent to an activating group) is 2. The highest BCUT2D eigenvalue weighted by atomic mass is 16.4. The fourth-order valence-corrected chi connectivity index (χ4v) is 0.858. The lowest BCUT2D eigenvalue weighted by atomic mass is 10.3. The number of nitrogens with one attached hydrogen (secondary N) is 1. The van der Waals surface area contributed by atoms with E-state index >= 15 is 0 Å².